The third kappa shape index (κ3) is 14.0. The Balaban J connectivity index is 0.00000331. The summed E-state index contributed by atoms with van der Waals surface area (Å²) in [6, 6.07) is 20.3. The maximum absolute atomic E-state index is 12.8. The number of aryl methyl sites for hydroxylation is 2. The molecule has 0 aliphatic heterocycles. The standard InChI is InChI=1S/C35H28N6O13S4.4Na/c1-19-11-23(7-9-31(19)40-38-25-5-3-21-13-27(55(43,44)45)17-33(29(21)15-25)57(49,50)51)36-35(42)37-24-8-10-32(20(2)12-24)41-39-26-6-4-22-14-28(56(46,47)48)18-34(30(22)16-26)58(52,53)54;;;;/h3-18H,1-2H3,(H2,36,37,42)(H,43,44,45)(H,46,47,48)(H,49,50,51)(H,52,53,54);;;;. The van der Waals surface area contributed by atoms with Gasteiger partial charge in [0.1, 0.15) is 9.79 Å². The van der Waals surface area contributed by atoms with Crippen LogP contribution in [0.25, 0.3) is 21.5 Å². The van der Waals surface area contributed by atoms with Crippen LogP contribution >= 0.6 is 0 Å². The van der Waals surface area contributed by atoms with Gasteiger partial charge in [-0.25, -0.2) is 4.79 Å². The van der Waals surface area contributed by atoms with Gasteiger partial charge >= 0.3 is 6.03 Å². The predicted molar refractivity (Wildman–Crippen MR) is 234 cm³/mol. The van der Waals surface area contributed by atoms with Crippen molar-refractivity contribution in [3.63, 3.8) is 0 Å². The number of fused-ring (bicyclic) bond motifs is 2. The van der Waals surface area contributed by atoms with E-state index >= 15 is 0 Å². The first kappa shape index (κ1) is 56.1. The molecular weight excluding hydrogens is 933 g/mol. The van der Waals surface area contributed by atoms with Crippen LogP contribution in [0.2, 0.25) is 0 Å². The van der Waals surface area contributed by atoms with Crippen LogP contribution in [0.5, 0.6) is 0 Å². The number of nitrogens with one attached hydrogen (secondary N) is 2. The topological polar surface area (TPSA) is 308 Å². The maximum atomic E-state index is 12.8. The van der Waals surface area contributed by atoms with E-state index in [1.165, 1.54) is 36.4 Å². The SMILES string of the molecule is Cc1cc(NC(=O)Nc2ccc(N=Nc3ccc4cc(S(=O)(=O)O)cc(S(=O)(=O)O)c4c3)c(C)c2)ccc1N=Nc1ccc2cc(S(=O)(=O)O)cc(S(=O)(=O)O)c2c1.[Na].[Na].[Na].[Na]. The summed E-state index contributed by atoms with van der Waals surface area (Å²) in [5.41, 5.74) is 3.06. The van der Waals surface area contributed by atoms with Crippen molar-refractivity contribution >= 4 is 220 Å². The average molecular weight is 961 g/mol. The Labute approximate surface area is 443 Å². The molecule has 0 saturated carbocycles. The molecule has 0 bridgehead atoms. The number of hydrogen-bond acceptors (Lipinski definition) is 13. The molecule has 62 heavy (non-hydrogen) atoms. The zero-order valence-corrected chi connectivity index (χ0v) is 44.9. The number of nitrogens with zero attached hydrogens (tertiary/aromatic N) is 4. The van der Waals surface area contributed by atoms with E-state index in [0.717, 1.165) is 12.1 Å². The summed E-state index contributed by atoms with van der Waals surface area (Å²) in [7, 11) is -19.4. The van der Waals surface area contributed by atoms with Gasteiger partial charge in [-0.1, -0.05) is 12.1 Å². The molecule has 0 aromatic heterocycles. The molecule has 6 aromatic carbocycles. The van der Waals surface area contributed by atoms with E-state index in [1.807, 2.05) is 0 Å². The molecule has 6 rings (SSSR count). The van der Waals surface area contributed by atoms with Crippen molar-refractivity contribution in [2.24, 2.45) is 20.5 Å². The molecule has 0 heterocycles. The maximum Gasteiger partial charge on any atom is 0.323 e. The van der Waals surface area contributed by atoms with Crippen LogP contribution in [-0.2, 0) is 40.5 Å². The van der Waals surface area contributed by atoms with Crippen LogP contribution in [0.1, 0.15) is 11.1 Å². The Kier molecular flexibility index (Phi) is 19.9. The van der Waals surface area contributed by atoms with Crippen molar-refractivity contribution < 1.29 is 56.7 Å². The van der Waals surface area contributed by atoms with Gasteiger partial charge in [0.05, 0.1) is 32.5 Å². The van der Waals surface area contributed by atoms with Crippen LogP contribution in [0.3, 0.4) is 0 Å². The Morgan fingerprint density at radius 1 is 0.452 bits per heavy atom. The largest absolute Gasteiger partial charge is 0.323 e. The fraction of sp³-hybridized carbons (Fsp3) is 0.0571. The molecule has 19 nitrogen and oxygen atoms in total. The second-order valence-corrected chi connectivity index (χ2v) is 18.2. The van der Waals surface area contributed by atoms with Gasteiger partial charge in [-0.3, -0.25) is 18.2 Å². The van der Waals surface area contributed by atoms with E-state index in [1.54, 1.807) is 50.2 Å². The summed E-state index contributed by atoms with van der Waals surface area (Å²) >= 11 is 0. The molecule has 0 atom stereocenters. The second-order valence-electron chi connectivity index (χ2n) is 12.5. The van der Waals surface area contributed by atoms with Crippen molar-refractivity contribution in [2.45, 2.75) is 33.4 Å². The first-order chi connectivity index (χ1) is 27.0. The summed E-state index contributed by atoms with van der Waals surface area (Å²) in [4.78, 5) is 9.89. The fourth-order valence-corrected chi connectivity index (χ4v) is 8.32. The molecule has 0 spiro atoms. The number of azo groups is 2. The van der Waals surface area contributed by atoms with E-state index in [4.69, 9.17) is 0 Å². The molecule has 2 amide bonds. The number of urea groups is 1. The van der Waals surface area contributed by atoms with Crippen molar-refractivity contribution in [1.82, 2.24) is 0 Å². The normalized spacial score (nSPS) is 12.0. The van der Waals surface area contributed by atoms with E-state index in [2.05, 4.69) is 31.1 Å². The van der Waals surface area contributed by atoms with E-state index in [9.17, 15) is 56.7 Å². The number of anilines is 2. The predicted octanol–water partition coefficient (Wildman–Crippen LogP) is 6.55. The smallest absolute Gasteiger partial charge is 0.308 e. The van der Waals surface area contributed by atoms with Crippen molar-refractivity contribution in [3.8, 4) is 0 Å². The van der Waals surface area contributed by atoms with Gasteiger partial charge in [-0.15, -0.1) is 0 Å². The number of carbonyl (C=O) groups is 1. The Bertz CT molecular complexity index is 3030. The van der Waals surface area contributed by atoms with Crippen LogP contribution in [0.15, 0.2) is 137 Å². The van der Waals surface area contributed by atoms with Gasteiger partial charge in [-0.2, -0.15) is 54.1 Å². The molecule has 0 aliphatic carbocycles. The van der Waals surface area contributed by atoms with E-state index < -0.39 is 66.1 Å². The molecule has 6 N–H and O–H groups in total. The Hall–Kier alpha value is -2.05. The molecule has 0 saturated heterocycles. The minimum absolute atomic E-state index is 0. The first-order valence-corrected chi connectivity index (χ1v) is 21.9. The third-order valence-electron chi connectivity index (χ3n) is 8.35. The second kappa shape index (κ2) is 22.0. The summed E-state index contributed by atoms with van der Waals surface area (Å²) in [5, 5.41) is 22.0. The summed E-state index contributed by atoms with van der Waals surface area (Å²) in [5.74, 6) is 0. The zero-order valence-electron chi connectivity index (χ0n) is 33.6. The minimum atomic E-state index is -4.90. The number of hydrogen-bond donors (Lipinski definition) is 6. The molecule has 0 fully saturated rings. The molecule has 6 aromatic rings. The van der Waals surface area contributed by atoms with Crippen molar-refractivity contribution in [2.75, 3.05) is 10.6 Å². The zero-order chi connectivity index (χ0) is 42.4. The minimum Gasteiger partial charge on any atom is -0.308 e. The average Bonchev–Trinajstić information content (AvgIpc) is 3.11. The van der Waals surface area contributed by atoms with Gasteiger partial charge < -0.3 is 10.6 Å². The van der Waals surface area contributed by atoms with Crippen LogP contribution < -0.4 is 10.6 Å². The quantitative estimate of drug-likeness (QED) is 0.0483. The monoisotopic (exact) mass is 960 g/mol. The molecule has 304 valence electrons. The van der Waals surface area contributed by atoms with Crippen molar-refractivity contribution in [3.05, 3.63) is 108 Å². The van der Waals surface area contributed by atoms with Crippen LogP contribution in [0, 0.1) is 13.8 Å². The Morgan fingerprint density at radius 3 is 1.11 bits per heavy atom. The molecular formula is C35H28N6Na4O13S4. The number of rotatable bonds is 10. The van der Waals surface area contributed by atoms with Gasteiger partial charge in [0.15, 0.2) is 0 Å². The first-order valence-electron chi connectivity index (χ1n) is 16.1. The van der Waals surface area contributed by atoms with Crippen LogP contribution in [-0.4, -0.2) is 176 Å². The van der Waals surface area contributed by atoms with Gasteiger partial charge in [-0.05, 0) is 121 Å². The van der Waals surface area contributed by atoms with Crippen LogP contribution in [0.4, 0.5) is 38.9 Å². The summed E-state index contributed by atoms with van der Waals surface area (Å²) in [6.07, 6.45) is 0. The van der Waals surface area contributed by atoms with E-state index in [-0.39, 0.29) is 151 Å². The molecule has 0 aliphatic rings. The number of amides is 2. The molecule has 27 heteroatoms. The summed E-state index contributed by atoms with van der Waals surface area (Å²) in [6.45, 7) is 3.40. The number of carbonyl (C=O) groups excluding carboxylic acids is 1. The van der Waals surface area contributed by atoms with Gasteiger partial charge in [0.2, 0.25) is 0 Å². The van der Waals surface area contributed by atoms with Gasteiger partial charge in [0, 0.05) is 140 Å². The molecule has 0 unspecified atom stereocenters. The van der Waals surface area contributed by atoms with E-state index in [0.29, 0.717) is 46.0 Å². The van der Waals surface area contributed by atoms with Crippen molar-refractivity contribution in [1.29, 1.82) is 0 Å². The third-order valence-corrected chi connectivity index (χ3v) is 11.8. The fourth-order valence-electron chi connectivity index (χ4n) is 5.63. The molecule has 4 radical (unpaired) electrons. The Morgan fingerprint density at radius 2 is 0.806 bits per heavy atom. The van der Waals surface area contributed by atoms with Gasteiger partial charge in [0.25, 0.3) is 40.5 Å². The number of benzene rings is 6. The summed E-state index contributed by atoms with van der Waals surface area (Å²) < 4.78 is 133.